The first-order valence-electron chi connectivity index (χ1n) is 6.45. The maximum Gasteiger partial charge on any atom is 0.291 e. The molecule has 4 N–H and O–H groups in total. The molecule has 6 heteroatoms. The molecule has 0 unspecified atom stereocenters. The maximum atomic E-state index is 12.0. The molecule has 106 valence electrons. The smallest absolute Gasteiger partial charge is 0.291 e. The highest BCUT2D eigenvalue weighted by Crippen LogP contribution is 2.19. The second-order valence-electron chi connectivity index (χ2n) is 4.47. The van der Waals surface area contributed by atoms with Crippen LogP contribution < -0.4 is 11.1 Å². The molecule has 0 fully saturated rings. The molecule has 1 aromatic carbocycles. The van der Waals surface area contributed by atoms with Gasteiger partial charge in [-0.25, -0.2) is 4.98 Å². The molecule has 0 aliphatic heterocycles. The number of benzene rings is 1. The molecule has 0 aliphatic carbocycles. The molecule has 0 bridgehead atoms. The normalized spacial score (nSPS) is 10.5. The van der Waals surface area contributed by atoms with Gasteiger partial charge in [-0.3, -0.25) is 4.79 Å². The number of nitrogens with zero attached hydrogens (tertiary/aromatic N) is 1. The first kappa shape index (κ1) is 13.1. The van der Waals surface area contributed by atoms with Crippen molar-refractivity contribution < 1.29 is 9.21 Å². The molecule has 6 nitrogen and oxygen atoms in total. The Bertz CT molecular complexity index is 729. The minimum atomic E-state index is -0.302. The van der Waals surface area contributed by atoms with Crippen molar-refractivity contribution in [2.24, 2.45) is 5.73 Å². The molecule has 0 atom stereocenters. The molecule has 1 amide bonds. The fourth-order valence-corrected chi connectivity index (χ4v) is 1.95. The van der Waals surface area contributed by atoms with Gasteiger partial charge < -0.3 is 20.5 Å². The van der Waals surface area contributed by atoms with Crippen molar-refractivity contribution in [3.63, 3.8) is 0 Å². The van der Waals surface area contributed by atoms with Crippen molar-refractivity contribution in [3.05, 3.63) is 60.4 Å². The Balaban J connectivity index is 1.71. The molecule has 2 aromatic heterocycles. The third-order valence-corrected chi connectivity index (χ3v) is 3.04. The number of nitrogens with one attached hydrogen (secondary N) is 2. The number of nitrogens with two attached hydrogens (primary N) is 1. The molecule has 0 aliphatic rings. The minimum absolute atomic E-state index is 0.244. The quantitative estimate of drug-likeness (QED) is 0.684. The molecular weight excluding hydrogens is 268 g/mol. The van der Waals surface area contributed by atoms with Crippen LogP contribution in [0.15, 0.2) is 53.3 Å². The Labute approximate surface area is 121 Å². The van der Waals surface area contributed by atoms with Crippen LogP contribution in [0.3, 0.4) is 0 Å². The largest absolute Gasteiger partial charge is 0.455 e. The van der Waals surface area contributed by atoms with Gasteiger partial charge in [-0.05, 0) is 29.8 Å². The SMILES string of the molecule is NCc1ccc(C(=O)Nc2ccc(-c3cnc[nH]3)cc2)o1. The van der Waals surface area contributed by atoms with Gasteiger partial charge in [0.15, 0.2) is 5.76 Å². The number of H-pyrrole nitrogens is 1. The Hall–Kier alpha value is -2.86. The Morgan fingerprint density at radius 1 is 1.24 bits per heavy atom. The van der Waals surface area contributed by atoms with Gasteiger partial charge in [0, 0.05) is 5.69 Å². The van der Waals surface area contributed by atoms with Gasteiger partial charge in [-0.15, -0.1) is 0 Å². The summed E-state index contributed by atoms with van der Waals surface area (Å²) < 4.78 is 5.30. The van der Waals surface area contributed by atoms with E-state index in [2.05, 4.69) is 15.3 Å². The van der Waals surface area contributed by atoms with Crippen LogP contribution in [0, 0.1) is 0 Å². The fourth-order valence-electron chi connectivity index (χ4n) is 1.95. The first-order chi connectivity index (χ1) is 10.3. The molecule has 0 saturated heterocycles. The van der Waals surface area contributed by atoms with Crippen molar-refractivity contribution in [3.8, 4) is 11.3 Å². The first-order valence-corrected chi connectivity index (χ1v) is 6.45. The predicted molar refractivity (Wildman–Crippen MR) is 78.6 cm³/mol. The monoisotopic (exact) mass is 282 g/mol. The van der Waals surface area contributed by atoms with Crippen LogP contribution in [0.2, 0.25) is 0 Å². The molecule has 0 saturated carbocycles. The van der Waals surface area contributed by atoms with Gasteiger partial charge in [-0.2, -0.15) is 0 Å². The van der Waals surface area contributed by atoms with Crippen molar-refractivity contribution in [2.45, 2.75) is 6.54 Å². The zero-order chi connectivity index (χ0) is 14.7. The van der Waals surface area contributed by atoms with Gasteiger partial charge >= 0.3 is 0 Å². The molecule has 2 heterocycles. The molecule has 3 rings (SSSR count). The number of hydrogen-bond acceptors (Lipinski definition) is 4. The summed E-state index contributed by atoms with van der Waals surface area (Å²) in [7, 11) is 0. The highest BCUT2D eigenvalue weighted by atomic mass is 16.4. The van der Waals surface area contributed by atoms with Gasteiger partial charge in [0.1, 0.15) is 5.76 Å². The Morgan fingerprint density at radius 3 is 2.67 bits per heavy atom. The lowest BCUT2D eigenvalue weighted by atomic mass is 10.1. The number of rotatable bonds is 4. The lowest BCUT2D eigenvalue weighted by molar-refractivity contribution is 0.0995. The van der Waals surface area contributed by atoms with Crippen molar-refractivity contribution in [1.29, 1.82) is 0 Å². The Morgan fingerprint density at radius 2 is 2.05 bits per heavy atom. The second kappa shape index (κ2) is 5.64. The van der Waals surface area contributed by atoms with E-state index in [1.54, 1.807) is 24.7 Å². The third-order valence-electron chi connectivity index (χ3n) is 3.04. The summed E-state index contributed by atoms with van der Waals surface area (Å²) in [5.41, 5.74) is 8.05. The van der Waals surface area contributed by atoms with Crippen molar-refractivity contribution in [1.82, 2.24) is 9.97 Å². The molecule has 0 radical (unpaired) electrons. The van der Waals surface area contributed by atoms with E-state index in [-0.39, 0.29) is 18.2 Å². The number of hydrogen-bond donors (Lipinski definition) is 3. The summed E-state index contributed by atoms with van der Waals surface area (Å²) in [5, 5.41) is 2.77. The summed E-state index contributed by atoms with van der Waals surface area (Å²) in [6.07, 6.45) is 3.36. The van der Waals surface area contributed by atoms with Crippen LogP contribution in [0.25, 0.3) is 11.3 Å². The van der Waals surface area contributed by atoms with Gasteiger partial charge in [0.05, 0.1) is 24.8 Å². The van der Waals surface area contributed by atoms with E-state index in [4.69, 9.17) is 10.2 Å². The zero-order valence-electron chi connectivity index (χ0n) is 11.2. The van der Waals surface area contributed by atoms with E-state index in [1.165, 1.54) is 0 Å². The van der Waals surface area contributed by atoms with Crippen LogP contribution >= 0.6 is 0 Å². The average molecular weight is 282 g/mol. The highest BCUT2D eigenvalue weighted by molar-refractivity contribution is 6.02. The predicted octanol–water partition coefficient (Wildman–Crippen LogP) is 2.38. The average Bonchev–Trinajstić information content (AvgIpc) is 3.19. The number of furan rings is 1. The van der Waals surface area contributed by atoms with E-state index in [1.807, 2.05) is 24.3 Å². The fraction of sp³-hybridized carbons (Fsp3) is 0.0667. The third kappa shape index (κ3) is 2.85. The standard InChI is InChI=1S/C15H14N4O2/c16-7-12-5-6-14(21-12)15(20)19-11-3-1-10(2-4-11)13-8-17-9-18-13/h1-6,8-9H,7,16H2,(H,17,18)(H,19,20). The molecule has 21 heavy (non-hydrogen) atoms. The van der Waals surface area contributed by atoms with Crippen LogP contribution in [0.1, 0.15) is 16.3 Å². The number of aromatic nitrogens is 2. The van der Waals surface area contributed by atoms with Gasteiger partial charge in [0.2, 0.25) is 0 Å². The van der Waals surface area contributed by atoms with E-state index in [0.717, 1.165) is 11.3 Å². The lowest BCUT2D eigenvalue weighted by Gasteiger charge is -2.04. The summed E-state index contributed by atoms with van der Waals surface area (Å²) in [6.45, 7) is 0.270. The highest BCUT2D eigenvalue weighted by Gasteiger charge is 2.11. The molecular formula is C15H14N4O2. The number of carbonyl (C=O) groups excluding carboxylic acids is 1. The van der Waals surface area contributed by atoms with Crippen molar-refractivity contribution >= 4 is 11.6 Å². The minimum Gasteiger partial charge on any atom is -0.455 e. The van der Waals surface area contributed by atoms with E-state index in [9.17, 15) is 4.79 Å². The van der Waals surface area contributed by atoms with Gasteiger partial charge in [-0.1, -0.05) is 12.1 Å². The maximum absolute atomic E-state index is 12.0. The number of aromatic amines is 1. The van der Waals surface area contributed by atoms with Crippen LogP contribution in [0.5, 0.6) is 0 Å². The summed E-state index contributed by atoms with van der Waals surface area (Å²) in [5.74, 6) is 0.520. The van der Waals surface area contributed by atoms with E-state index < -0.39 is 0 Å². The van der Waals surface area contributed by atoms with E-state index >= 15 is 0 Å². The molecule has 0 spiro atoms. The van der Waals surface area contributed by atoms with E-state index in [0.29, 0.717) is 11.4 Å². The number of amides is 1. The summed E-state index contributed by atoms with van der Waals surface area (Å²) in [4.78, 5) is 19.0. The van der Waals surface area contributed by atoms with Gasteiger partial charge in [0.25, 0.3) is 5.91 Å². The van der Waals surface area contributed by atoms with Crippen LogP contribution in [0.4, 0.5) is 5.69 Å². The van der Waals surface area contributed by atoms with Crippen LogP contribution in [-0.2, 0) is 6.54 Å². The summed E-state index contributed by atoms with van der Waals surface area (Å²) >= 11 is 0. The molecule has 3 aromatic rings. The summed E-state index contributed by atoms with van der Waals surface area (Å²) in [6, 6.07) is 10.7. The number of carbonyl (C=O) groups is 1. The number of anilines is 1. The van der Waals surface area contributed by atoms with Crippen molar-refractivity contribution in [2.75, 3.05) is 5.32 Å². The zero-order valence-corrected chi connectivity index (χ0v) is 11.2. The lowest BCUT2D eigenvalue weighted by Crippen LogP contribution is -2.10. The number of imidazole rings is 1. The second-order valence-corrected chi connectivity index (χ2v) is 4.47. The topological polar surface area (TPSA) is 96.9 Å². The Kier molecular flexibility index (Phi) is 3.53. The van der Waals surface area contributed by atoms with Crippen LogP contribution in [-0.4, -0.2) is 15.9 Å².